The lowest BCUT2D eigenvalue weighted by Gasteiger charge is -2.16. The summed E-state index contributed by atoms with van der Waals surface area (Å²) in [5.41, 5.74) is 6.54. The lowest BCUT2D eigenvalue weighted by molar-refractivity contribution is 0.0696. The van der Waals surface area contributed by atoms with Crippen molar-refractivity contribution in [2.75, 3.05) is 38.0 Å². The number of carboxylic acids is 1. The van der Waals surface area contributed by atoms with Gasteiger partial charge in [0.1, 0.15) is 0 Å². The molecule has 0 bridgehead atoms. The topological polar surface area (TPSA) is 48.7 Å². The molecule has 0 unspecified atom stereocenters. The van der Waals surface area contributed by atoms with Crippen LogP contribution >= 0.6 is 0 Å². The molecule has 0 fully saturated rings. The summed E-state index contributed by atoms with van der Waals surface area (Å²) in [5.74, 6) is -0.898. The second kappa shape index (κ2) is 7.80. The maximum Gasteiger partial charge on any atom is 0.336 e. The van der Waals surface area contributed by atoms with Gasteiger partial charge >= 0.3 is 5.97 Å². The number of hydrogen-bond donors (Lipinski definition) is 1. The van der Waals surface area contributed by atoms with Crippen molar-refractivity contribution in [2.24, 2.45) is 7.05 Å². The molecule has 1 N–H and O–H groups in total. The Morgan fingerprint density at radius 3 is 2.11 bits per heavy atom. The monoisotopic (exact) mass is 377 g/mol. The summed E-state index contributed by atoms with van der Waals surface area (Å²) < 4.78 is 2.07. The van der Waals surface area contributed by atoms with E-state index in [9.17, 15) is 9.90 Å². The van der Waals surface area contributed by atoms with Gasteiger partial charge in [0.05, 0.1) is 5.56 Å². The summed E-state index contributed by atoms with van der Waals surface area (Å²) in [5, 5.41) is 9.71. The largest absolute Gasteiger partial charge is 0.478 e. The SMILES string of the molecule is CN(C)c1ccc(-c2ccn(C)c2Cc2ccc(N(C)C)cc2C(=O)O)cc1. The molecule has 0 spiro atoms. The number of aromatic carboxylic acids is 1. The number of carboxylic acid groups (broad SMARTS) is 1. The minimum absolute atomic E-state index is 0.348. The van der Waals surface area contributed by atoms with E-state index in [0.717, 1.165) is 33.8 Å². The first kappa shape index (κ1) is 19.5. The highest BCUT2D eigenvalue weighted by atomic mass is 16.4. The highest BCUT2D eigenvalue weighted by molar-refractivity contribution is 5.91. The van der Waals surface area contributed by atoms with Crippen LogP contribution in [0.2, 0.25) is 0 Å². The number of aryl methyl sites for hydroxylation is 1. The van der Waals surface area contributed by atoms with Gasteiger partial charge < -0.3 is 19.5 Å². The summed E-state index contributed by atoms with van der Waals surface area (Å²) in [4.78, 5) is 15.8. The lowest BCUT2D eigenvalue weighted by atomic mass is 9.97. The van der Waals surface area contributed by atoms with Crippen LogP contribution in [0, 0.1) is 0 Å². The van der Waals surface area contributed by atoms with Gasteiger partial charge in [-0.05, 0) is 41.5 Å². The van der Waals surface area contributed by atoms with Crippen LogP contribution in [0.25, 0.3) is 11.1 Å². The Balaban J connectivity index is 2.00. The maximum atomic E-state index is 11.8. The number of rotatable bonds is 6. The minimum Gasteiger partial charge on any atom is -0.478 e. The van der Waals surface area contributed by atoms with Crippen molar-refractivity contribution in [3.63, 3.8) is 0 Å². The summed E-state index contributed by atoms with van der Waals surface area (Å²) in [6, 6.07) is 16.1. The number of hydrogen-bond acceptors (Lipinski definition) is 3. The van der Waals surface area contributed by atoms with Crippen molar-refractivity contribution in [3.8, 4) is 11.1 Å². The molecule has 0 saturated heterocycles. The number of benzene rings is 2. The van der Waals surface area contributed by atoms with E-state index in [1.165, 1.54) is 0 Å². The summed E-state index contributed by atoms with van der Waals surface area (Å²) >= 11 is 0. The fourth-order valence-electron chi connectivity index (χ4n) is 3.36. The van der Waals surface area contributed by atoms with Crippen molar-refractivity contribution in [1.29, 1.82) is 0 Å². The lowest BCUT2D eigenvalue weighted by Crippen LogP contribution is -2.12. The summed E-state index contributed by atoms with van der Waals surface area (Å²) in [6.07, 6.45) is 2.59. The quantitative estimate of drug-likeness (QED) is 0.702. The molecule has 1 aromatic heterocycles. The number of nitrogens with zero attached hydrogens (tertiary/aromatic N) is 3. The fourth-order valence-corrected chi connectivity index (χ4v) is 3.36. The molecule has 0 aliphatic carbocycles. The van der Waals surface area contributed by atoms with Crippen LogP contribution in [0.15, 0.2) is 54.7 Å². The van der Waals surface area contributed by atoms with Crippen LogP contribution in [-0.2, 0) is 13.5 Å². The molecule has 0 radical (unpaired) electrons. The van der Waals surface area contributed by atoms with Gasteiger partial charge in [-0.1, -0.05) is 18.2 Å². The standard InChI is InChI=1S/C23H27N3O2/c1-24(2)18-9-6-16(7-10-18)20-12-13-26(5)22(20)14-17-8-11-19(25(3)4)15-21(17)23(27)28/h6-13,15H,14H2,1-5H3,(H,27,28). The van der Waals surface area contributed by atoms with E-state index >= 15 is 0 Å². The van der Waals surface area contributed by atoms with E-state index in [1.807, 2.05) is 58.5 Å². The van der Waals surface area contributed by atoms with E-state index in [4.69, 9.17) is 0 Å². The molecule has 0 atom stereocenters. The predicted molar refractivity (Wildman–Crippen MR) is 116 cm³/mol. The second-order valence-electron chi connectivity index (χ2n) is 7.45. The van der Waals surface area contributed by atoms with Gasteiger partial charge in [0.2, 0.25) is 0 Å². The Morgan fingerprint density at radius 2 is 1.54 bits per heavy atom. The van der Waals surface area contributed by atoms with Gasteiger partial charge in [0.25, 0.3) is 0 Å². The Kier molecular flexibility index (Phi) is 5.45. The van der Waals surface area contributed by atoms with Crippen LogP contribution in [0.1, 0.15) is 21.6 Å². The molecule has 5 nitrogen and oxygen atoms in total. The Morgan fingerprint density at radius 1 is 0.929 bits per heavy atom. The fraction of sp³-hybridized carbons (Fsp3) is 0.261. The molecule has 0 saturated carbocycles. The van der Waals surface area contributed by atoms with Crippen molar-refractivity contribution in [2.45, 2.75) is 6.42 Å². The average molecular weight is 377 g/mol. The van der Waals surface area contributed by atoms with E-state index in [1.54, 1.807) is 6.07 Å². The zero-order chi connectivity index (χ0) is 20.4. The first-order chi connectivity index (χ1) is 13.3. The number of anilines is 2. The zero-order valence-corrected chi connectivity index (χ0v) is 17.1. The average Bonchev–Trinajstić information content (AvgIpc) is 3.02. The van der Waals surface area contributed by atoms with E-state index < -0.39 is 5.97 Å². The summed E-state index contributed by atoms with van der Waals surface area (Å²) in [6.45, 7) is 0. The number of carbonyl (C=O) groups is 1. The highest BCUT2D eigenvalue weighted by Crippen LogP contribution is 2.30. The second-order valence-corrected chi connectivity index (χ2v) is 7.45. The van der Waals surface area contributed by atoms with E-state index in [2.05, 4.69) is 39.8 Å². The normalized spacial score (nSPS) is 10.8. The molecule has 3 aromatic rings. The Bertz CT molecular complexity index is 986. The van der Waals surface area contributed by atoms with Crippen LogP contribution in [0.4, 0.5) is 11.4 Å². The van der Waals surface area contributed by atoms with Crippen molar-refractivity contribution in [1.82, 2.24) is 4.57 Å². The third-order valence-corrected chi connectivity index (χ3v) is 5.09. The molecule has 28 heavy (non-hydrogen) atoms. The first-order valence-corrected chi connectivity index (χ1v) is 9.23. The molecule has 0 aliphatic rings. The third-order valence-electron chi connectivity index (χ3n) is 5.09. The van der Waals surface area contributed by atoms with Crippen molar-refractivity contribution >= 4 is 17.3 Å². The van der Waals surface area contributed by atoms with Gasteiger partial charge in [-0.2, -0.15) is 0 Å². The van der Waals surface area contributed by atoms with Gasteiger partial charge in [0, 0.05) is 70.5 Å². The molecule has 0 amide bonds. The first-order valence-electron chi connectivity index (χ1n) is 9.23. The maximum absolute atomic E-state index is 11.8. The molecular formula is C23H27N3O2. The van der Waals surface area contributed by atoms with Gasteiger partial charge in [-0.25, -0.2) is 4.79 Å². The van der Waals surface area contributed by atoms with Gasteiger partial charge in [-0.15, -0.1) is 0 Å². The number of aromatic nitrogens is 1. The zero-order valence-electron chi connectivity index (χ0n) is 17.1. The van der Waals surface area contributed by atoms with E-state index in [-0.39, 0.29) is 0 Å². The molecule has 1 heterocycles. The minimum atomic E-state index is -0.898. The highest BCUT2D eigenvalue weighted by Gasteiger charge is 2.16. The van der Waals surface area contributed by atoms with Gasteiger partial charge in [-0.3, -0.25) is 0 Å². The molecule has 2 aromatic carbocycles. The van der Waals surface area contributed by atoms with Crippen molar-refractivity contribution < 1.29 is 9.90 Å². The van der Waals surface area contributed by atoms with Crippen molar-refractivity contribution in [3.05, 3.63) is 71.5 Å². The molecular weight excluding hydrogens is 350 g/mol. The van der Waals surface area contributed by atoms with Gasteiger partial charge in [0.15, 0.2) is 0 Å². The predicted octanol–water partition coefficient (Wildman–Crippen LogP) is 4.11. The smallest absolute Gasteiger partial charge is 0.336 e. The Hall–Kier alpha value is -3.21. The molecule has 5 heteroatoms. The Labute approximate surface area is 166 Å². The summed E-state index contributed by atoms with van der Waals surface area (Å²) in [7, 11) is 9.86. The van der Waals surface area contributed by atoms with Crippen LogP contribution in [-0.4, -0.2) is 43.8 Å². The van der Waals surface area contributed by atoms with Crippen LogP contribution in [0.5, 0.6) is 0 Å². The van der Waals surface area contributed by atoms with Crippen LogP contribution < -0.4 is 9.80 Å². The molecule has 0 aliphatic heterocycles. The molecule has 146 valence electrons. The third kappa shape index (κ3) is 3.88. The van der Waals surface area contributed by atoms with E-state index in [0.29, 0.717) is 12.0 Å². The molecule has 3 rings (SSSR count). The van der Waals surface area contributed by atoms with Crippen LogP contribution in [0.3, 0.4) is 0 Å².